The molecule has 2 atom stereocenters. The number of thiazole rings is 1. The van der Waals surface area contributed by atoms with E-state index in [-0.39, 0.29) is 4.21 Å². The lowest BCUT2D eigenvalue weighted by atomic mass is 9.91. The van der Waals surface area contributed by atoms with Gasteiger partial charge in [0.25, 0.3) is 0 Å². The van der Waals surface area contributed by atoms with Crippen LogP contribution in [0.15, 0.2) is 22.5 Å². The summed E-state index contributed by atoms with van der Waals surface area (Å²) in [6.45, 7) is 5.33. The van der Waals surface area contributed by atoms with Crippen molar-refractivity contribution in [2.75, 3.05) is 5.32 Å². The van der Waals surface area contributed by atoms with Crippen LogP contribution in [-0.2, 0) is 28.4 Å². The van der Waals surface area contributed by atoms with Crippen molar-refractivity contribution >= 4 is 33.0 Å². The number of rotatable bonds is 6. The standard InChI is InChI=1S/C21H28N4O3S2/c1-12(13-7-8-13)15-10-9-14-5-4-6-16(14)18(15)24-20(26)25-30(22,28)17-11-23-19(29-17)21(2,3)27/h9-13,27H,4-8H2,1-3H3,(H3,22,24,25,26,28)/t12-,30+/m0/s1. The van der Waals surface area contributed by atoms with E-state index in [2.05, 4.69) is 34.1 Å². The third kappa shape index (κ3) is 4.24. The van der Waals surface area contributed by atoms with E-state index in [4.69, 9.17) is 4.78 Å². The number of carbonyl (C=O) groups is 1. The fourth-order valence-electron chi connectivity index (χ4n) is 4.06. The van der Waals surface area contributed by atoms with Gasteiger partial charge in [0.2, 0.25) is 0 Å². The topological polar surface area (TPSA) is 115 Å². The average molecular weight is 449 g/mol. The van der Waals surface area contributed by atoms with Gasteiger partial charge in [0.15, 0.2) is 9.92 Å². The van der Waals surface area contributed by atoms with E-state index in [1.807, 2.05) is 0 Å². The van der Waals surface area contributed by atoms with Gasteiger partial charge in [-0.25, -0.2) is 23.5 Å². The molecule has 2 aliphatic carbocycles. The summed E-state index contributed by atoms with van der Waals surface area (Å²) in [6, 6.07) is 3.63. The van der Waals surface area contributed by atoms with Crippen molar-refractivity contribution in [3.05, 3.63) is 40.0 Å². The zero-order valence-corrected chi connectivity index (χ0v) is 19.1. The molecular weight excluding hydrogens is 420 g/mol. The second-order valence-electron chi connectivity index (χ2n) is 8.80. The van der Waals surface area contributed by atoms with E-state index in [1.165, 1.54) is 24.6 Å². The molecule has 30 heavy (non-hydrogen) atoms. The second-order valence-corrected chi connectivity index (χ2v) is 11.8. The highest BCUT2D eigenvalue weighted by atomic mass is 32.2. The zero-order chi connectivity index (χ0) is 21.7. The van der Waals surface area contributed by atoms with E-state index in [9.17, 15) is 14.1 Å². The summed E-state index contributed by atoms with van der Waals surface area (Å²) >= 11 is 0.969. The monoisotopic (exact) mass is 448 g/mol. The lowest BCUT2D eigenvalue weighted by Crippen LogP contribution is -2.34. The van der Waals surface area contributed by atoms with Gasteiger partial charge in [-0.05, 0) is 74.5 Å². The van der Waals surface area contributed by atoms with Crippen LogP contribution < -0.4 is 10.0 Å². The number of aromatic nitrogens is 1. The number of hydrogen-bond acceptors (Lipinski definition) is 6. The molecule has 4 N–H and O–H groups in total. The molecule has 162 valence electrons. The molecule has 1 aromatic heterocycles. The second kappa shape index (κ2) is 7.62. The summed E-state index contributed by atoms with van der Waals surface area (Å²) in [6.07, 6.45) is 6.67. The van der Waals surface area contributed by atoms with Crippen LogP contribution in [-0.4, -0.2) is 20.3 Å². The third-order valence-electron chi connectivity index (χ3n) is 5.90. The Morgan fingerprint density at radius 3 is 2.73 bits per heavy atom. The minimum absolute atomic E-state index is 0.111. The van der Waals surface area contributed by atoms with Crippen LogP contribution in [0.25, 0.3) is 0 Å². The highest BCUT2D eigenvalue weighted by molar-refractivity contribution is 7.93. The maximum atomic E-state index is 12.9. The molecule has 0 aliphatic heterocycles. The number of hydrogen-bond donors (Lipinski definition) is 4. The van der Waals surface area contributed by atoms with Crippen LogP contribution in [0.3, 0.4) is 0 Å². The Kier molecular flexibility index (Phi) is 5.40. The third-order valence-corrected chi connectivity index (χ3v) is 9.10. The van der Waals surface area contributed by atoms with Crippen molar-refractivity contribution in [3.63, 3.8) is 0 Å². The Bertz CT molecular complexity index is 1080. The molecular formula is C21H28N4O3S2. The molecule has 1 heterocycles. The van der Waals surface area contributed by atoms with Crippen LogP contribution in [0, 0.1) is 10.7 Å². The van der Waals surface area contributed by atoms with Crippen molar-refractivity contribution in [1.29, 1.82) is 4.78 Å². The van der Waals surface area contributed by atoms with Gasteiger partial charge < -0.3 is 10.4 Å². The first-order valence-electron chi connectivity index (χ1n) is 10.3. The number of nitrogens with zero attached hydrogens (tertiary/aromatic N) is 1. The van der Waals surface area contributed by atoms with Crippen LogP contribution >= 0.6 is 11.3 Å². The zero-order valence-electron chi connectivity index (χ0n) is 17.4. The maximum absolute atomic E-state index is 12.9. The van der Waals surface area contributed by atoms with Crippen molar-refractivity contribution in [3.8, 4) is 0 Å². The van der Waals surface area contributed by atoms with Crippen molar-refractivity contribution < 1.29 is 14.1 Å². The molecule has 9 heteroatoms. The summed E-state index contributed by atoms with van der Waals surface area (Å²) in [5.74, 6) is 0.994. The van der Waals surface area contributed by atoms with E-state index in [1.54, 1.807) is 13.8 Å². The number of urea groups is 1. The summed E-state index contributed by atoms with van der Waals surface area (Å²) in [5.41, 5.74) is 3.15. The Hall–Kier alpha value is -1.97. The predicted octanol–water partition coefficient (Wildman–Crippen LogP) is 4.52. The van der Waals surface area contributed by atoms with Crippen LogP contribution in [0.1, 0.15) is 67.6 Å². The Morgan fingerprint density at radius 1 is 1.37 bits per heavy atom. The van der Waals surface area contributed by atoms with Crippen LogP contribution in [0.2, 0.25) is 0 Å². The highest BCUT2D eigenvalue weighted by Gasteiger charge is 2.32. The van der Waals surface area contributed by atoms with Gasteiger partial charge in [-0.15, -0.1) is 11.3 Å². The number of nitrogens with one attached hydrogen (secondary N) is 3. The van der Waals surface area contributed by atoms with Crippen molar-refractivity contribution in [2.24, 2.45) is 5.92 Å². The van der Waals surface area contributed by atoms with E-state index >= 15 is 0 Å². The number of aryl methyl sites for hydroxylation is 1. The number of benzene rings is 1. The van der Waals surface area contributed by atoms with E-state index in [0.717, 1.165) is 47.4 Å². The summed E-state index contributed by atoms with van der Waals surface area (Å²) in [4.78, 5) is 16.8. The Morgan fingerprint density at radius 2 is 2.10 bits per heavy atom. The largest absolute Gasteiger partial charge is 0.383 e. The predicted molar refractivity (Wildman–Crippen MR) is 118 cm³/mol. The number of amides is 2. The quantitative estimate of drug-likeness (QED) is 0.520. The number of carbonyl (C=O) groups excluding carboxylic acids is 1. The molecule has 2 amide bonds. The Labute approximate surface area is 181 Å². The van der Waals surface area contributed by atoms with Gasteiger partial charge in [-0.1, -0.05) is 19.1 Å². The highest BCUT2D eigenvalue weighted by Crippen LogP contribution is 2.46. The molecule has 0 bridgehead atoms. The van der Waals surface area contributed by atoms with Gasteiger partial charge >= 0.3 is 6.03 Å². The lowest BCUT2D eigenvalue weighted by molar-refractivity contribution is 0.0783. The van der Waals surface area contributed by atoms with Crippen LogP contribution in [0.5, 0.6) is 0 Å². The molecule has 0 spiro atoms. The summed E-state index contributed by atoms with van der Waals surface area (Å²) in [5, 5.41) is 13.3. The molecule has 2 aromatic rings. The Balaban J connectivity index is 1.57. The fraction of sp³-hybridized carbons (Fsp3) is 0.524. The molecule has 1 saturated carbocycles. The number of aliphatic hydroxyl groups is 1. The summed E-state index contributed by atoms with van der Waals surface area (Å²) in [7, 11) is -3.59. The first-order valence-corrected chi connectivity index (χ1v) is 12.6. The van der Waals surface area contributed by atoms with Gasteiger partial charge in [0.05, 0.1) is 6.20 Å². The molecule has 1 aromatic carbocycles. The molecule has 0 radical (unpaired) electrons. The van der Waals surface area contributed by atoms with Gasteiger partial charge in [0.1, 0.15) is 14.8 Å². The van der Waals surface area contributed by atoms with E-state index < -0.39 is 21.5 Å². The van der Waals surface area contributed by atoms with E-state index in [0.29, 0.717) is 16.8 Å². The molecule has 1 fully saturated rings. The lowest BCUT2D eigenvalue weighted by Gasteiger charge is -2.20. The molecule has 0 unspecified atom stereocenters. The minimum atomic E-state index is -3.59. The summed E-state index contributed by atoms with van der Waals surface area (Å²) < 4.78 is 23.5. The normalized spacial score (nSPS) is 19.1. The average Bonchev–Trinajstić information content (AvgIpc) is 3.16. The van der Waals surface area contributed by atoms with Gasteiger partial charge in [0, 0.05) is 5.69 Å². The number of anilines is 1. The van der Waals surface area contributed by atoms with Gasteiger partial charge in [-0.3, -0.25) is 0 Å². The van der Waals surface area contributed by atoms with Crippen LogP contribution in [0.4, 0.5) is 10.5 Å². The first-order chi connectivity index (χ1) is 14.1. The molecule has 4 rings (SSSR count). The first kappa shape index (κ1) is 21.3. The number of fused-ring (bicyclic) bond motifs is 1. The molecule has 7 nitrogen and oxygen atoms in total. The minimum Gasteiger partial charge on any atom is -0.383 e. The molecule has 2 aliphatic rings. The maximum Gasteiger partial charge on any atom is 0.331 e. The van der Waals surface area contributed by atoms with Gasteiger partial charge in [-0.2, -0.15) is 0 Å². The SMILES string of the molecule is C[C@H](c1ccc2c(c1NC(=O)N[S@@](=N)(=O)c1cnc(C(C)(C)O)s1)CCC2)C1CC1. The van der Waals surface area contributed by atoms with Crippen molar-refractivity contribution in [2.45, 2.75) is 68.6 Å². The smallest absolute Gasteiger partial charge is 0.331 e. The fourth-order valence-corrected chi connectivity index (χ4v) is 6.15. The van der Waals surface area contributed by atoms with Crippen molar-refractivity contribution in [1.82, 2.24) is 9.71 Å². The molecule has 0 saturated heterocycles.